The van der Waals surface area contributed by atoms with Crippen LogP contribution < -0.4 is 5.32 Å². The minimum Gasteiger partial charge on any atom is -0.352 e. The second kappa shape index (κ2) is 6.23. The van der Waals surface area contributed by atoms with E-state index < -0.39 is 0 Å². The highest BCUT2D eigenvalue weighted by Gasteiger charge is 2.07. The second-order valence-corrected chi connectivity index (χ2v) is 4.74. The Morgan fingerprint density at radius 1 is 1.40 bits per heavy atom. The molecule has 0 radical (unpaired) electrons. The monoisotopic (exact) mass is 334 g/mol. The van der Waals surface area contributed by atoms with Gasteiger partial charge in [-0.1, -0.05) is 13.3 Å². The molecule has 0 saturated carbocycles. The Morgan fingerprint density at radius 2 is 2.00 bits per heavy atom. The lowest BCUT2D eigenvalue weighted by Crippen LogP contribution is -2.24. The standard InChI is InChI=1S/C10H12Br2N2O/c1-2-3-4-13-10(15)7-5-8(11)14-9(12)6-7/h5-6H,2-4H2,1H3,(H,13,15). The van der Waals surface area contributed by atoms with Crippen LogP contribution in [0.15, 0.2) is 21.3 Å². The van der Waals surface area contributed by atoms with Crippen LogP contribution in [0, 0.1) is 0 Å². The molecular weight excluding hydrogens is 324 g/mol. The fraction of sp³-hybridized carbons (Fsp3) is 0.400. The van der Waals surface area contributed by atoms with Crippen molar-refractivity contribution in [3.8, 4) is 0 Å². The first-order chi connectivity index (χ1) is 7.13. The predicted molar refractivity (Wildman–Crippen MR) is 66.9 cm³/mol. The first-order valence-electron chi connectivity index (χ1n) is 4.74. The topological polar surface area (TPSA) is 42.0 Å². The number of nitrogens with zero attached hydrogens (tertiary/aromatic N) is 1. The van der Waals surface area contributed by atoms with Gasteiger partial charge in [0.1, 0.15) is 9.21 Å². The van der Waals surface area contributed by atoms with Crippen LogP contribution >= 0.6 is 31.9 Å². The van der Waals surface area contributed by atoms with E-state index in [1.54, 1.807) is 12.1 Å². The highest BCUT2D eigenvalue weighted by molar-refractivity contribution is 9.11. The van der Waals surface area contributed by atoms with E-state index in [1.165, 1.54) is 0 Å². The van der Waals surface area contributed by atoms with Gasteiger partial charge in [-0.05, 0) is 50.4 Å². The van der Waals surface area contributed by atoms with Crippen molar-refractivity contribution in [2.75, 3.05) is 6.54 Å². The quantitative estimate of drug-likeness (QED) is 0.678. The fourth-order valence-corrected chi connectivity index (χ4v) is 2.19. The van der Waals surface area contributed by atoms with Gasteiger partial charge in [0.2, 0.25) is 0 Å². The van der Waals surface area contributed by atoms with Gasteiger partial charge in [-0.3, -0.25) is 4.79 Å². The number of hydrogen-bond donors (Lipinski definition) is 1. The van der Waals surface area contributed by atoms with Crippen molar-refractivity contribution in [3.63, 3.8) is 0 Å². The van der Waals surface area contributed by atoms with Gasteiger partial charge < -0.3 is 5.32 Å². The van der Waals surface area contributed by atoms with Crippen molar-refractivity contribution < 1.29 is 4.79 Å². The van der Waals surface area contributed by atoms with Gasteiger partial charge in [0.15, 0.2) is 0 Å². The molecule has 1 aromatic rings. The van der Waals surface area contributed by atoms with Crippen molar-refractivity contribution >= 4 is 37.8 Å². The van der Waals surface area contributed by atoms with Crippen LogP contribution in [-0.2, 0) is 0 Å². The highest BCUT2D eigenvalue weighted by Crippen LogP contribution is 2.15. The summed E-state index contributed by atoms with van der Waals surface area (Å²) in [5, 5.41) is 2.85. The summed E-state index contributed by atoms with van der Waals surface area (Å²) in [4.78, 5) is 15.7. The molecule has 0 atom stereocenters. The molecule has 15 heavy (non-hydrogen) atoms. The van der Waals surface area contributed by atoms with Gasteiger partial charge in [0.25, 0.3) is 5.91 Å². The van der Waals surface area contributed by atoms with Crippen LogP contribution in [0.25, 0.3) is 0 Å². The maximum Gasteiger partial charge on any atom is 0.251 e. The molecule has 0 bridgehead atoms. The number of amides is 1. The van der Waals surface area contributed by atoms with E-state index in [0.717, 1.165) is 12.8 Å². The third-order valence-electron chi connectivity index (χ3n) is 1.84. The molecule has 1 heterocycles. The van der Waals surface area contributed by atoms with Crippen LogP contribution in [0.5, 0.6) is 0 Å². The van der Waals surface area contributed by atoms with Gasteiger partial charge in [-0.25, -0.2) is 4.98 Å². The molecule has 0 aliphatic rings. The summed E-state index contributed by atoms with van der Waals surface area (Å²) in [6.07, 6.45) is 2.07. The van der Waals surface area contributed by atoms with Crippen LogP contribution in [0.3, 0.4) is 0 Å². The minimum atomic E-state index is -0.0627. The Balaban J connectivity index is 2.65. The van der Waals surface area contributed by atoms with Crippen molar-refractivity contribution in [2.45, 2.75) is 19.8 Å². The van der Waals surface area contributed by atoms with Crippen LogP contribution in [-0.4, -0.2) is 17.4 Å². The molecule has 0 unspecified atom stereocenters. The highest BCUT2D eigenvalue weighted by atomic mass is 79.9. The maximum atomic E-state index is 11.6. The molecule has 0 aliphatic carbocycles. The lowest BCUT2D eigenvalue weighted by molar-refractivity contribution is 0.0953. The molecule has 1 N–H and O–H groups in total. The summed E-state index contributed by atoms with van der Waals surface area (Å²) in [5.41, 5.74) is 0.611. The first kappa shape index (κ1) is 12.6. The molecule has 1 aromatic heterocycles. The van der Waals surface area contributed by atoms with Gasteiger partial charge in [0.05, 0.1) is 0 Å². The van der Waals surface area contributed by atoms with E-state index >= 15 is 0 Å². The molecule has 3 nitrogen and oxygen atoms in total. The van der Waals surface area contributed by atoms with E-state index in [2.05, 4.69) is 49.1 Å². The average Bonchev–Trinajstić information content (AvgIpc) is 2.16. The summed E-state index contributed by atoms with van der Waals surface area (Å²) in [6, 6.07) is 3.40. The smallest absolute Gasteiger partial charge is 0.251 e. The van der Waals surface area contributed by atoms with Gasteiger partial charge >= 0.3 is 0 Å². The lowest BCUT2D eigenvalue weighted by Gasteiger charge is -2.04. The molecule has 0 aromatic carbocycles. The number of pyridine rings is 1. The van der Waals surface area contributed by atoms with Crippen molar-refractivity contribution in [1.82, 2.24) is 10.3 Å². The number of halogens is 2. The number of carbonyl (C=O) groups is 1. The number of aromatic nitrogens is 1. The molecule has 0 saturated heterocycles. The third-order valence-corrected chi connectivity index (χ3v) is 2.65. The second-order valence-electron chi connectivity index (χ2n) is 3.11. The summed E-state index contributed by atoms with van der Waals surface area (Å²) >= 11 is 6.48. The number of unbranched alkanes of at least 4 members (excludes halogenated alkanes) is 1. The Bertz CT molecular complexity index is 335. The van der Waals surface area contributed by atoms with Gasteiger partial charge in [-0.2, -0.15) is 0 Å². The van der Waals surface area contributed by atoms with Crippen molar-refractivity contribution in [1.29, 1.82) is 0 Å². The number of nitrogens with one attached hydrogen (secondary N) is 1. The van der Waals surface area contributed by atoms with E-state index in [1.807, 2.05) is 0 Å². The molecule has 0 aliphatic heterocycles. The Kier molecular flexibility index (Phi) is 5.25. The van der Waals surface area contributed by atoms with Crippen molar-refractivity contribution in [3.05, 3.63) is 26.9 Å². The van der Waals surface area contributed by atoms with Crippen molar-refractivity contribution in [2.24, 2.45) is 0 Å². The summed E-state index contributed by atoms with van der Waals surface area (Å²) in [7, 11) is 0. The van der Waals surface area contributed by atoms with E-state index in [0.29, 0.717) is 21.3 Å². The number of hydrogen-bond acceptors (Lipinski definition) is 2. The normalized spacial score (nSPS) is 10.1. The molecule has 5 heteroatoms. The number of carbonyl (C=O) groups excluding carboxylic acids is 1. The summed E-state index contributed by atoms with van der Waals surface area (Å²) in [6.45, 7) is 2.80. The molecule has 0 fully saturated rings. The predicted octanol–water partition coefficient (Wildman–Crippen LogP) is 3.14. The van der Waals surface area contributed by atoms with E-state index in [4.69, 9.17) is 0 Å². The molecule has 1 amide bonds. The molecule has 1 rings (SSSR count). The van der Waals surface area contributed by atoms with Crippen LogP contribution in [0.4, 0.5) is 0 Å². The largest absolute Gasteiger partial charge is 0.352 e. The minimum absolute atomic E-state index is 0.0627. The fourth-order valence-electron chi connectivity index (χ4n) is 1.08. The Hall–Kier alpha value is -0.420. The Labute approximate surface area is 106 Å². The summed E-state index contributed by atoms with van der Waals surface area (Å²) < 4.78 is 1.30. The van der Waals surface area contributed by atoms with Gasteiger partial charge in [0, 0.05) is 12.1 Å². The SMILES string of the molecule is CCCCNC(=O)c1cc(Br)nc(Br)c1. The average molecular weight is 336 g/mol. The molecular formula is C10H12Br2N2O. The van der Waals surface area contributed by atoms with Crippen LogP contribution in [0.2, 0.25) is 0 Å². The lowest BCUT2D eigenvalue weighted by atomic mass is 10.2. The zero-order chi connectivity index (χ0) is 11.3. The summed E-state index contributed by atoms with van der Waals surface area (Å²) in [5.74, 6) is -0.0627. The van der Waals surface area contributed by atoms with Crippen LogP contribution in [0.1, 0.15) is 30.1 Å². The maximum absolute atomic E-state index is 11.6. The van der Waals surface area contributed by atoms with E-state index in [9.17, 15) is 4.79 Å². The number of rotatable bonds is 4. The van der Waals surface area contributed by atoms with Gasteiger partial charge in [-0.15, -0.1) is 0 Å². The first-order valence-corrected chi connectivity index (χ1v) is 6.33. The van der Waals surface area contributed by atoms with E-state index in [-0.39, 0.29) is 5.91 Å². The molecule has 0 spiro atoms. The Morgan fingerprint density at radius 3 is 2.53 bits per heavy atom. The zero-order valence-corrected chi connectivity index (χ0v) is 11.6. The zero-order valence-electron chi connectivity index (χ0n) is 8.39. The molecule has 82 valence electrons. The third kappa shape index (κ3) is 4.30.